The van der Waals surface area contributed by atoms with Gasteiger partial charge in [-0.1, -0.05) is 5.16 Å². The van der Waals surface area contributed by atoms with Crippen LogP contribution in [0, 0.1) is 5.92 Å². The highest BCUT2D eigenvalue weighted by Gasteiger charge is 2.17. The summed E-state index contributed by atoms with van der Waals surface area (Å²) in [6.45, 7) is 3.66. The number of carbonyl (C=O) groups excluding carboxylic acids is 1. The zero-order valence-electron chi connectivity index (χ0n) is 9.53. The first-order valence-electron chi connectivity index (χ1n) is 5.75. The SMILES string of the molecule is CC(=O)Cc1nc(CC2CCCNC2)no1. The number of rotatable bonds is 4. The Kier molecular flexibility index (Phi) is 3.66. The Morgan fingerprint density at radius 2 is 2.50 bits per heavy atom. The molecular weight excluding hydrogens is 206 g/mol. The molecule has 2 rings (SSSR count). The van der Waals surface area contributed by atoms with Crippen LogP contribution < -0.4 is 5.32 Å². The molecular formula is C11H17N3O2. The van der Waals surface area contributed by atoms with E-state index in [0.717, 1.165) is 25.3 Å². The van der Waals surface area contributed by atoms with E-state index in [-0.39, 0.29) is 12.2 Å². The van der Waals surface area contributed by atoms with E-state index in [2.05, 4.69) is 15.5 Å². The molecule has 1 aliphatic rings. The summed E-state index contributed by atoms with van der Waals surface area (Å²) in [7, 11) is 0. The van der Waals surface area contributed by atoms with Crippen molar-refractivity contribution in [3.8, 4) is 0 Å². The van der Waals surface area contributed by atoms with Gasteiger partial charge in [-0.25, -0.2) is 0 Å². The fourth-order valence-corrected chi connectivity index (χ4v) is 2.01. The Morgan fingerprint density at radius 1 is 1.62 bits per heavy atom. The first-order chi connectivity index (χ1) is 7.74. The van der Waals surface area contributed by atoms with E-state index in [1.807, 2.05) is 0 Å². The quantitative estimate of drug-likeness (QED) is 0.815. The average Bonchev–Trinajstić information content (AvgIpc) is 2.66. The average molecular weight is 223 g/mol. The van der Waals surface area contributed by atoms with Crippen LogP contribution in [0.2, 0.25) is 0 Å². The number of nitrogens with one attached hydrogen (secondary N) is 1. The van der Waals surface area contributed by atoms with Gasteiger partial charge >= 0.3 is 0 Å². The fourth-order valence-electron chi connectivity index (χ4n) is 2.01. The lowest BCUT2D eigenvalue weighted by molar-refractivity contribution is -0.116. The van der Waals surface area contributed by atoms with Gasteiger partial charge in [0.2, 0.25) is 5.89 Å². The van der Waals surface area contributed by atoms with Crippen molar-refractivity contribution in [2.75, 3.05) is 13.1 Å². The van der Waals surface area contributed by atoms with Crippen molar-refractivity contribution in [3.63, 3.8) is 0 Å². The number of hydrogen-bond donors (Lipinski definition) is 1. The lowest BCUT2D eigenvalue weighted by Crippen LogP contribution is -2.31. The Hall–Kier alpha value is -1.23. The molecule has 88 valence electrons. The van der Waals surface area contributed by atoms with Gasteiger partial charge in [-0.2, -0.15) is 4.98 Å². The zero-order chi connectivity index (χ0) is 11.4. The summed E-state index contributed by atoms with van der Waals surface area (Å²) < 4.78 is 5.01. The summed E-state index contributed by atoms with van der Waals surface area (Å²) >= 11 is 0. The van der Waals surface area contributed by atoms with E-state index < -0.39 is 0 Å². The molecule has 0 saturated carbocycles. The number of aromatic nitrogens is 2. The number of piperidine rings is 1. The molecule has 1 atom stereocenters. The summed E-state index contributed by atoms with van der Waals surface area (Å²) in [5.41, 5.74) is 0. The first-order valence-corrected chi connectivity index (χ1v) is 5.75. The predicted octanol–water partition coefficient (Wildman–Crippen LogP) is 0.743. The summed E-state index contributed by atoms with van der Waals surface area (Å²) in [5, 5.41) is 7.25. The van der Waals surface area contributed by atoms with E-state index in [0.29, 0.717) is 11.8 Å². The van der Waals surface area contributed by atoms with Gasteiger partial charge in [0.05, 0.1) is 6.42 Å². The molecule has 1 aromatic heterocycles. The van der Waals surface area contributed by atoms with Crippen LogP contribution in [0.3, 0.4) is 0 Å². The second-order valence-electron chi connectivity index (χ2n) is 4.40. The van der Waals surface area contributed by atoms with Crippen LogP contribution in [0.15, 0.2) is 4.52 Å². The molecule has 16 heavy (non-hydrogen) atoms. The van der Waals surface area contributed by atoms with Crippen molar-refractivity contribution in [2.45, 2.75) is 32.6 Å². The molecule has 2 heterocycles. The monoisotopic (exact) mass is 223 g/mol. The normalized spacial score (nSPS) is 20.9. The van der Waals surface area contributed by atoms with Crippen molar-refractivity contribution in [2.24, 2.45) is 5.92 Å². The molecule has 1 aromatic rings. The van der Waals surface area contributed by atoms with Gasteiger partial charge in [-0.3, -0.25) is 4.79 Å². The number of ketones is 1. The molecule has 1 aliphatic heterocycles. The van der Waals surface area contributed by atoms with Crippen molar-refractivity contribution in [3.05, 3.63) is 11.7 Å². The molecule has 5 heteroatoms. The third-order valence-corrected chi connectivity index (χ3v) is 2.78. The summed E-state index contributed by atoms with van der Waals surface area (Å²) in [4.78, 5) is 15.1. The summed E-state index contributed by atoms with van der Waals surface area (Å²) in [6.07, 6.45) is 3.51. The van der Waals surface area contributed by atoms with E-state index in [4.69, 9.17) is 4.52 Å². The standard InChI is InChI=1S/C11H17N3O2/c1-8(15)5-11-13-10(14-16-11)6-9-3-2-4-12-7-9/h9,12H,2-7H2,1H3. The van der Waals surface area contributed by atoms with E-state index in [9.17, 15) is 4.79 Å². The van der Waals surface area contributed by atoms with Crippen LogP contribution in [0.1, 0.15) is 31.5 Å². The number of Topliss-reactive ketones (excluding diaryl/α,β-unsaturated/α-hetero) is 1. The lowest BCUT2D eigenvalue weighted by Gasteiger charge is -2.20. The summed E-state index contributed by atoms with van der Waals surface area (Å²) in [5.74, 6) is 1.81. The molecule has 1 unspecified atom stereocenters. The van der Waals surface area contributed by atoms with Crippen LogP contribution in [0.5, 0.6) is 0 Å². The third kappa shape index (κ3) is 3.13. The maximum absolute atomic E-state index is 10.9. The lowest BCUT2D eigenvalue weighted by atomic mass is 9.96. The molecule has 1 saturated heterocycles. The van der Waals surface area contributed by atoms with Gasteiger partial charge < -0.3 is 9.84 Å². The molecule has 0 amide bonds. The smallest absolute Gasteiger partial charge is 0.234 e. The van der Waals surface area contributed by atoms with Crippen LogP contribution in [0.25, 0.3) is 0 Å². The van der Waals surface area contributed by atoms with Crippen molar-refractivity contribution in [1.82, 2.24) is 15.5 Å². The molecule has 1 N–H and O–H groups in total. The second-order valence-corrected chi connectivity index (χ2v) is 4.40. The van der Waals surface area contributed by atoms with Crippen molar-refractivity contribution < 1.29 is 9.32 Å². The van der Waals surface area contributed by atoms with Gasteiger partial charge in [0.25, 0.3) is 0 Å². The third-order valence-electron chi connectivity index (χ3n) is 2.78. The minimum atomic E-state index is 0.0505. The van der Waals surface area contributed by atoms with Crippen molar-refractivity contribution in [1.29, 1.82) is 0 Å². The zero-order valence-corrected chi connectivity index (χ0v) is 9.53. The number of carbonyl (C=O) groups is 1. The number of nitrogens with zero attached hydrogens (tertiary/aromatic N) is 2. The molecule has 1 fully saturated rings. The maximum atomic E-state index is 10.9. The molecule has 0 radical (unpaired) electrons. The maximum Gasteiger partial charge on any atom is 0.234 e. The van der Waals surface area contributed by atoms with Crippen LogP contribution >= 0.6 is 0 Å². The Labute approximate surface area is 94.6 Å². The molecule has 5 nitrogen and oxygen atoms in total. The van der Waals surface area contributed by atoms with Gasteiger partial charge in [0.15, 0.2) is 5.82 Å². The Bertz CT molecular complexity index is 356. The molecule has 0 aromatic carbocycles. The second kappa shape index (κ2) is 5.21. The highest BCUT2D eigenvalue weighted by molar-refractivity contribution is 5.77. The van der Waals surface area contributed by atoms with Gasteiger partial charge in [-0.05, 0) is 38.8 Å². The van der Waals surface area contributed by atoms with Crippen molar-refractivity contribution >= 4 is 5.78 Å². The fraction of sp³-hybridized carbons (Fsp3) is 0.727. The van der Waals surface area contributed by atoms with E-state index >= 15 is 0 Å². The Morgan fingerprint density at radius 3 is 3.19 bits per heavy atom. The highest BCUT2D eigenvalue weighted by Crippen LogP contribution is 2.14. The van der Waals surface area contributed by atoms with Crippen LogP contribution in [0.4, 0.5) is 0 Å². The van der Waals surface area contributed by atoms with E-state index in [1.165, 1.54) is 19.8 Å². The molecule has 0 spiro atoms. The molecule has 0 bridgehead atoms. The summed E-state index contributed by atoms with van der Waals surface area (Å²) in [6, 6.07) is 0. The highest BCUT2D eigenvalue weighted by atomic mass is 16.5. The predicted molar refractivity (Wildman–Crippen MR) is 58.0 cm³/mol. The van der Waals surface area contributed by atoms with E-state index in [1.54, 1.807) is 0 Å². The van der Waals surface area contributed by atoms with Gasteiger partial charge in [0.1, 0.15) is 5.78 Å². The topological polar surface area (TPSA) is 68.0 Å². The minimum absolute atomic E-state index is 0.0505. The van der Waals surface area contributed by atoms with Gasteiger partial charge in [-0.15, -0.1) is 0 Å². The van der Waals surface area contributed by atoms with Gasteiger partial charge in [0, 0.05) is 6.42 Å². The first kappa shape index (κ1) is 11.3. The minimum Gasteiger partial charge on any atom is -0.339 e. The largest absolute Gasteiger partial charge is 0.339 e. The van der Waals surface area contributed by atoms with Crippen LogP contribution in [-0.4, -0.2) is 29.0 Å². The number of hydrogen-bond acceptors (Lipinski definition) is 5. The Balaban J connectivity index is 1.88. The molecule has 0 aliphatic carbocycles. The van der Waals surface area contributed by atoms with Crippen LogP contribution in [-0.2, 0) is 17.6 Å².